The Morgan fingerprint density at radius 1 is 1.43 bits per heavy atom. The number of nitrogens with zero attached hydrogens (tertiary/aromatic N) is 1. The molecular formula is C17H24BrFN2O2. The molecule has 4 nitrogen and oxygen atoms in total. The maximum absolute atomic E-state index is 14.0. The van der Waals surface area contributed by atoms with E-state index in [2.05, 4.69) is 26.2 Å². The topological polar surface area (TPSA) is 51.2 Å². The maximum Gasteiger partial charge on any atom is 0.341 e. The standard InChI is InChI=1S/C17H24BrFN2O2/c1-4-23-16(22)13-10-20-15(18)9-14(13)21-12-7-5-11(6-8-12)17(2,3)19/h9-12H,4-8H2,1-3H3,(H,20,21)/t11-,12-. The van der Waals surface area contributed by atoms with Gasteiger partial charge in [-0.05, 0) is 74.4 Å². The number of nitrogens with one attached hydrogen (secondary N) is 1. The van der Waals surface area contributed by atoms with E-state index in [1.807, 2.05) is 0 Å². The predicted octanol–water partition coefficient (Wildman–Crippen LogP) is 4.74. The first-order chi connectivity index (χ1) is 10.8. The molecule has 0 unspecified atom stereocenters. The third-order valence-electron chi connectivity index (χ3n) is 4.42. The lowest BCUT2D eigenvalue weighted by atomic mass is 9.78. The number of hydrogen-bond donors (Lipinski definition) is 1. The molecule has 128 valence electrons. The van der Waals surface area contributed by atoms with Crippen LogP contribution in [0.2, 0.25) is 0 Å². The van der Waals surface area contributed by atoms with Gasteiger partial charge in [-0.2, -0.15) is 0 Å². The van der Waals surface area contributed by atoms with Gasteiger partial charge in [0.15, 0.2) is 0 Å². The lowest BCUT2D eigenvalue weighted by Crippen LogP contribution is -2.34. The van der Waals surface area contributed by atoms with Crippen molar-refractivity contribution in [3.8, 4) is 0 Å². The SMILES string of the molecule is CCOC(=O)c1cnc(Br)cc1N[C@H]1CC[C@H](C(C)(C)F)CC1. The van der Waals surface area contributed by atoms with Crippen LogP contribution in [-0.4, -0.2) is 29.3 Å². The van der Waals surface area contributed by atoms with Crippen LogP contribution in [0.15, 0.2) is 16.9 Å². The Bertz CT molecular complexity index is 552. The highest BCUT2D eigenvalue weighted by atomic mass is 79.9. The normalized spacial score (nSPS) is 21.8. The Hall–Kier alpha value is -1.17. The number of anilines is 1. The number of halogens is 2. The summed E-state index contributed by atoms with van der Waals surface area (Å²) >= 11 is 3.33. The summed E-state index contributed by atoms with van der Waals surface area (Å²) in [6.07, 6.45) is 4.99. The molecule has 1 aromatic rings. The zero-order chi connectivity index (χ0) is 17.0. The average molecular weight is 387 g/mol. The van der Waals surface area contributed by atoms with E-state index in [1.54, 1.807) is 26.8 Å². The number of pyridine rings is 1. The van der Waals surface area contributed by atoms with Crippen molar-refractivity contribution in [1.82, 2.24) is 4.98 Å². The second-order valence-electron chi connectivity index (χ2n) is 6.53. The number of aromatic nitrogens is 1. The highest BCUT2D eigenvalue weighted by Gasteiger charge is 2.33. The number of esters is 1. The van der Waals surface area contributed by atoms with Crippen LogP contribution >= 0.6 is 15.9 Å². The summed E-state index contributed by atoms with van der Waals surface area (Å²) in [6, 6.07) is 2.02. The molecule has 0 atom stereocenters. The van der Waals surface area contributed by atoms with Crippen molar-refractivity contribution in [2.75, 3.05) is 11.9 Å². The highest BCUT2D eigenvalue weighted by molar-refractivity contribution is 9.10. The van der Waals surface area contributed by atoms with Gasteiger partial charge in [-0.25, -0.2) is 14.2 Å². The fourth-order valence-corrected chi connectivity index (χ4v) is 3.40. The van der Waals surface area contributed by atoms with Crippen LogP contribution in [0.1, 0.15) is 56.8 Å². The molecule has 1 heterocycles. The summed E-state index contributed by atoms with van der Waals surface area (Å²) in [7, 11) is 0. The molecule has 2 rings (SSSR count). The zero-order valence-corrected chi connectivity index (χ0v) is 15.5. The molecular weight excluding hydrogens is 363 g/mol. The highest BCUT2D eigenvalue weighted by Crippen LogP contribution is 2.36. The number of carbonyl (C=O) groups is 1. The van der Waals surface area contributed by atoms with E-state index in [9.17, 15) is 9.18 Å². The third kappa shape index (κ3) is 4.90. The molecule has 1 aromatic heterocycles. The molecule has 0 saturated heterocycles. The van der Waals surface area contributed by atoms with Crippen LogP contribution in [0.25, 0.3) is 0 Å². The van der Waals surface area contributed by atoms with Gasteiger partial charge in [-0.1, -0.05) is 0 Å². The number of ether oxygens (including phenoxy) is 1. The summed E-state index contributed by atoms with van der Waals surface area (Å²) in [6.45, 7) is 5.41. The van der Waals surface area contributed by atoms with Gasteiger partial charge in [0.2, 0.25) is 0 Å². The monoisotopic (exact) mass is 386 g/mol. The number of alkyl halides is 1. The van der Waals surface area contributed by atoms with Gasteiger partial charge in [0.05, 0.1) is 12.3 Å². The van der Waals surface area contributed by atoms with E-state index in [1.165, 1.54) is 6.20 Å². The van der Waals surface area contributed by atoms with Crippen molar-refractivity contribution in [1.29, 1.82) is 0 Å². The van der Waals surface area contributed by atoms with Crippen molar-refractivity contribution in [2.45, 2.75) is 58.2 Å². The van der Waals surface area contributed by atoms with Crippen LogP contribution < -0.4 is 5.32 Å². The first-order valence-electron chi connectivity index (χ1n) is 8.09. The zero-order valence-electron chi connectivity index (χ0n) is 13.9. The molecule has 1 saturated carbocycles. The van der Waals surface area contributed by atoms with Crippen molar-refractivity contribution in [3.05, 3.63) is 22.4 Å². The average Bonchev–Trinajstić information content (AvgIpc) is 2.47. The molecule has 1 fully saturated rings. The van der Waals surface area contributed by atoms with Crippen LogP contribution in [-0.2, 0) is 4.74 Å². The lowest BCUT2D eigenvalue weighted by Gasteiger charge is -2.35. The minimum absolute atomic E-state index is 0.106. The van der Waals surface area contributed by atoms with Crippen LogP contribution in [0.3, 0.4) is 0 Å². The molecule has 1 N–H and O–H groups in total. The van der Waals surface area contributed by atoms with E-state index in [-0.39, 0.29) is 17.9 Å². The summed E-state index contributed by atoms with van der Waals surface area (Å²) in [5, 5.41) is 3.41. The molecule has 0 radical (unpaired) electrons. The van der Waals surface area contributed by atoms with E-state index >= 15 is 0 Å². The Balaban J connectivity index is 2.06. The number of hydrogen-bond acceptors (Lipinski definition) is 4. The molecule has 6 heteroatoms. The van der Waals surface area contributed by atoms with Gasteiger partial charge in [-0.15, -0.1) is 0 Å². The predicted molar refractivity (Wildman–Crippen MR) is 92.4 cm³/mol. The maximum atomic E-state index is 14.0. The van der Waals surface area contributed by atoms with Gasteiger partial charge < -0.3 is 10.1 Å². The minimum atomic E-state index is -1.12. The fraction of sp³-hybridized carbons (Fsp3) is 0.647. The Morgan fingerprint density at radius 2 is 2.09 bits per heavy atom. The molecule has 0 aliphatic heterocycles. The summed E-state index contributed by atoms with van der Waals surface area (Å²) < 4.78 is 19.8. The van der Waals surface area contributed by atoms with Gasteiger partial charge in [0.25, 0.3) is 0 Å². The van der Waals surface area contributed by atoms with Crippen molar-refractivity contribution < 1.29 is 13.9 Å². The molecule has 1 aliphatic rings. The summed E-state index contributed by atoms with van der Waals surface area (Å²) in [5.74, 6) is -0.275. The van der Waals surface area contributed by atoms with Gasteiger partial charge in [0, 0.05) is 12.2 Å². The molecule has 0 amide bonds. The summed E-state index contributed by atoms with van der Waals surface area (Å²) in [5.41, 5.74) is 0.0251. The van der Waals surface area contributed by atoms with Crippen LogP contribution in [0.4, 0.5) is 10.1 Å². The number of rotatable bonds is 5. The largest absolute Gasteiger partial charge is 0.462 e. The van der Waals surface area contributed by atoms with Crippen LogP contribution in [0.5, 0.6) is 0 Å². The molecule has 0 spiro atoms. The van der Waals surface area contributed by atoms with Gasteiger partial charge >= 0.3 is 5.97 Å². The third-order valence-corrected chi connectivity index (χ3v) is 4.86. The fourth-order valence-electron chi connectivity index (χ4n) is 3.06. The van der Waals surface area contributed by atoms with Crippen molar-refractivity contribution >= 4 is 27.6 Å². The lowest BCUT2D eigenvalue weighted by molar-refractivity contribution is 0.0527. The quantitative estimate of drug-likeness (QED) is 0.586. The molecule has 1 aliphatic carbocycles. The van der Waals surface area contributed by atoms with Crippen molar-refractivity contribution in [2.24, 2.45) is 5.92 Å². The second kappa shape index (κ2) is 7.60. The van der Waals surface area contributed by atoms with E-state index < -0.39 is 5.67 Å². The van der Waals surface area contributed by atoms with Crippen molar-refractivity contribution in [3.63, 3.8) is 0 Å². The smallest absolute Gasteiger partial charge is 0.341 e. The van der Waals surface area contributed by atoms with Crippen LogP contribution in [0, 0.1) is 5.92 Å². The Labute approximate surface area is 145 Å². The second-order valence-corrected chi connectivity index (χ2v) is 7.34. The minimum Gasteiger partial charge on any atom is -0.462 e. The molecule has 0 bridgehead atoms. The van der Waals surface area contributed by atoms with E-state index in [4.69, 9.17) is 4.74 Å². The Morgan fingerprint density at radius 3 is 2.65 bits per heavy atom. The summed E-state index contributed by atoms with van der Waals surface area (Å²) in [4.78, 5) is 16.1. The molecule has 23 heavy (non-hydrogen) atoms. The first kappa shape index (κ1) is 18.2. The van der Waals surface area contributed by atoms with Gasteiger partial charge in [-0.3, -0.25) is 0 Å². The van der Waals surface area contributed by atoms with E-state index in [0.717, 1.165) is 25.7 Å². The molecule has 0 aromatic carbocycles. The Kier molecular flexibility index (Phi) is 6.00. The van der Waals surface area contributed by atoms with Gasteiger partial charge in [0.1, 0.15) is 15.8 Å². The van der Waals surface area contributed by atoms with E-state index in [0.29, 0.717) is 22.5 Å². The first-order valence-corrected chi connectivity index (χ1v) is 8.88. The number of carbonyl (C=O) groups excluding carboxylic acids is 1.